The molecule has 2 nitrogen and oxygen atoms in total. The Bertz CT molecular complexity index is 423. The van der Waals surface area contributed by atoms with Crippen LogP contribution in [-0.2, 0) is 0 Å². The summed E-state index contributed by atoms with van der Waals surface area (Å²) in [6.07, 6.45) is 3.79. The largest absolute Gasteiger partial charge is 0.396 e. The van der Waals surface area contributed by atoms with Crippen molar-refractivity contribution in [3.05, 3.63) is 29.8 Å². The van der Waals surface area contributed by atoms with E-state index in [0.717, 1.165) is 13.1 Å². The minimum absolute atomic E-state index is 0.370. The van der Waals surface area contributed by atoms with E-state index in [1.807, 2.05) is 11.8 Å². The van der Waals surface area contributed by atoms with E-state index in [9.17, 15) is 5.11 Å². The highest BCUT2D eigenvalue weighted by molar-refractivity contribution is 7.99. The maximum absolute atomic E-state index is 9.35. The van der Waals surface area contributed by atoms with Gasteiger partial charge in [0.15, 0.2) is 0 Å². The molecule has 104 valence electrons. The highest BCUT2D eigenvalue weighted by atomic mass is 32.2. The lowest BCUT2D eigenvalue weighted by Crippen LogP contribution is -2.30. The molecule has 0 amide bonds. The molecule has 0 saturated heterocycles. The maximum Gasteiger partial charge on any atom is 0.0462 e. The summed E-state index contributed by atoms with van der Waals surface area (Å²) in [7, 11) is 0. The number of benzene rings is 1. The molecule has 1 aromatic carbocycles. The number of aliphatic hydroxyl groups excluding tert-OH is 1. The Morgan fingerprint density at radius 2 is 2.00 bits per heavy atom. The molecule has 3 heteroatoms. The first kappa shape index (κ1) is 13.5. The number of fused-ring (bicyclic) bond motifs is 1. The predicted molar refractivity (Wildman–Crippen MR) is 80.7 cm³/mol. The molecule has 2 aliphatic rings. The van der Waals surface area contributed by atoms with Crippen molar-refractivity contribution in [2.45, 2.75) is 30.1 Å². The normalized spacial score (nSPS) is 29.6. The molecule has 0 radical (unpaired) electrons. The molecule has 1 fully saturated rings. The fourth-order valence-electron chi connectivity index (χ4n) is 3.46. The molecule has 1 aromatic rings. The number of thioether (sulfide) groups is 1. The van der Waals surface area contributed by atoms with E-state index in [4.69, 9.17) is 0 Å². The first-order chi connectivity index (χ1) is 9.38. The summed E-state index contributed by atoms with van der Waals surface area (Å²) >= 11 is 1.98. The summed E-state index contributed by atoms with van der Waals surface area (Å²) in [6, 6.07) is 8.79. The van der Waals surface area contributed by atoms with Gasteiger partial charge in [0.1, 0.15) is 0 Å². The van der Waals surface area contributed by atoms with E-state index in [1.54, 1.807) is 0 Å². The molecule has 3 atom stereocenters. The summed E-state index contributed by atoms with van der Waals surface area (Å²) < 4.78 is 0. The van der Waals surface area contributed by atoms with Crippen molar-refractivity contribution >= 4 is 11.8 Å². The molecule has 19 heavy (non-hydrogen) atoms. The molecule has 0 aromatic heterocycles. The lowest BCUT2D eigenvalue weighted by Gasteiger charge is -2.19. The predicted octanol–water partition coefficient (Wildman–Crippen LogP) is 2.87. The minimum atomic E-state index is 0.370. The van der Waals surface area contributed by atoms with Crippen LogP contribution in [0.25, 0.3) is 0 Å². The van der Waals surface area contributed by atoms with Gasteiger partial charge >= 0.3 is 0 Å². The molecule has 0 bridgehead atoms. The molecule has 0 spiro atoms. The zero-order chi connectivity index (χ0) is 13.1. The van der Waals surface area contributed by atoms with Gasteiger partial charge in [-0.15, -0.1) is 11.8 Å². The fraction of sp³-hybridized carbons (Fsp3) is 0.625. The van der Waals surface area contributed by atoms with E-state index in [2.05, 4.69) is 29.6 Å². The van der Waals surface area contributed by atoms with Crippen LogP contribution in [0, 0.1) is 11.8 Å². The third kappa shape index (κ3) is 2.99. The molecule has 1 saturated carbocycles. The summed E-state index contributed by atoms with van der Waals surface area (Å²) in [5, 5.41) is 13.0. The van der Waals surface area contributed by atoms with Gasteiger partial charge in [-0.3, -0.25) is 0 Å². The molecular weight excluding hydrogens is 254 g/mol. The van der Waals surface area contributed by atoms with Crippen LogP contribution in [0.4, 0.5) is 0 Å². The molecule has 2 N–H and O–H groups in total. The van der Waals surface area contributed by atoms with Gasteiger partial charge < -0.3 is 10.4 Å². The van der Waals surface area contributed by atoms with Crippen LogP contribution in [0.1, 0.15) is 30.7 Å². The smallest absolute Gasteiger partial charge is 0.0462 e. The van der Waals surface area contributed by atoms with Crippen molar-refractivity contribution < 1.29 is 5.11 Å². The Labute approximate surface area is 120 Å². The van der Waals surface area contributed by atoms with Crippen LogP contribution in [0.3, 0.4) is 0 Å². The number of nitrogens with one attached hydrogen (secondary N) is 1. The van der Waals surface area contributed by atoms with Gasteiger partial charge in [-0.25, -0.2) is 0 Å². The van der Waals surface area contributed by atoms with Crippen LogP contribution in [0.2, 0.25) is 0 Å². The van der Waals surface area contributed by atoms with Crippen molar-refractivity contribution in [2.24, 2.45) is 11.8 Å². The van der Waals surface area contributed by atoms with Gasteiger partial charge in [0, 0.05) is 29.7 Å². The number of aliphatic hydroxyl groups is 1. The Morgan fingerprint density at radius 3 is 2.89 bits per heavy atom. The Morgan fingerprint density at radius 1 is 1.16 bits per heavy atom. The summed E-state index contributed by atoms with van der Waals surface area (Å²) in [5.74, 6) is 3.10. The van der Waals surface area contributed by atoms with Crippen molar-refractivity contribution in [3.8, 4) is 0 Å². The van der Waals surface area contributed by atoms with Crippen molar-refractivity contribution in [1.82, 2.24) is 5.32 Å². The lowest BCUT2D eigenvalue weighted by molar-refractivity contribution is 0.192. The number of hydrogen-bond acceptors (Lipinski definition) is 3. The van der Waals surface area contributed by atoms with Gasteiger partial charge in [-0.05, 0) is 42.9 Å². The van der Waals surface area contributed by atoms with E-state index in [-0.39, 0.29) is 0 Å². The maximum atomic E-state index is 9.35. The van der Waals surface area contributed by atoms with Crippen molar-refractivity contribution in [1.29, 1.82) is 0 Å². The molecule has 3 rings (SSSR count). The summed E-state index contributed by atoms with van der Waals surface area (Å²) in [5.41, 5.74) is 1.52. The SMILES string of the molecule is OCC1CCCC1CNCC1CSc2ccccc21. The molecular formula is C16H23NOS. The number of rotatable bonds is 5. The van der Waals surface area contributed by atoms with Gasteiger partial charge in [-0.2, -0.15) is 0 Å². The van der Waals surface area contributed by atoms with Crippen molar-refractivity contribution in [3.63, 3.8) is 0 Å². The van der Waals surface area contributed by atoms with Gasteiger partial charge in [0.25, 0.3) is 0 Å². The second kappa shape index (κ2) is 6.29. The van der Waals surface area contributed by atoms with Crippen LogP contribution in [0.15, 0.2) is 29.2 Å². The standard InChI is InChI=1S/C16H23NOS/c18-10-13-5-3-4-12(13)8-17-9-14-11-19-16-7-2-1-6-15(14)16/h1-2,6-7,12-14,17-18H,3-5,8-11H2. The zero-order valence-corrected chi connectivity index (χ0v) is 12.2. The van der Waals surface area contributed by atoms with Crippen LogP contribution in [-0.4, -0.2) is 30.6 Å². The lowest BCUT2D eigenvalue weighted by atomic mass is 9.96. The van der Waals surface area contributed by atoms with Crippen LogP contribution in [0.5, 0.6) is 0 Å². The number of hydrogen-bond donors (Lipinski definition) is 2. The highest BCUT2D eigenvalue weighted by Crippen LogP contribution is 2.39. The molecule has 3 unspecified atom stereocenters. The Balaban J connectivity index is 1.49. The quantitative estimate of drug-likeness (QED) is 0.868. The van der Waals surface area contributed by atoms with Crippen LogP contribution < -0.4 is 5.32 Å². The van der Waals surface area contributed by atoms with E-state index < -0.39 is 0 Å². The molecule has 1 heterocycles. The zero-order valence-electron chi connectivity index (χ0n) is 11.3. The highest BCUT2D eigenvalue weighted by Gasteiger charge is 2.27. The average Bonchev–Trinajstić information content (AvgIpc) is 3.06. The van der Waals surface area contributed by atoms with E-state index in [0.29, 0.717) is 24.4 Å². The molecule has 1 aliphatic heterocycles. The molecule has 1 aliphatic carbocycles. The fourth-order valence-corrected chi connectivity index (χ4v) is 4.72. The second-order valence-corrected chi connectivity index (χ2v) is 6.90. The first-order valence-corrected chi connectivity index (χ1v) is 8.40. The second-order valence-electron chi connectivity index (χ2n) is 5.84. The van der Waals surface area contributed by atoms with E-state index >= 15 is 0 Å². The van der Waals surface area contributed by atoms with Gasteiger partial charge in [0.05, 0.1) is 0 Å². The monoisotopic (exact) mass is 277 g/mol. The van der Waals surface area contributed by atoms with Gasteiger partial charge in [0.2, 0.25) is 0 Å². The van der Waals surface area contributed by atoms with Crippen molar-refractivity contribution in [2.75, 3.05) is 25.4 Å². The third-order valence-corrected chi connectivity index (χ3v) is 5.90. The van der Waals surface area contributed by atoms with E-state index in [1.165, 1.54) is 35.5 Å². The Hall–Kier alpha value is -0.510. The third-order valence-electron chi connectivity index (χ3n) is 4.65. The first-order valence-electron chi connectivity index (χ1n) is 7.41. The topological polar surface area (TPSA) is 32.3 Å². The minimum Gasteiger partial charge on any atom is -0.396 e. The summed E-state index contributed by atoms with van der Waals surface area (Å²) in [4.78, 5) is 1.46. The summed E-state index contributed by atoms with van der Waals surface area (Å²) in [6.45, 7) is 2.53. The van der Waals surface area contributed by atoms with Crippen LogP contribution >= 0.6 is 11.8 Å². The average molecular weight is 277 g/mol. The van der Waals surface area contributed by atoms with Gasteiger partial charge in [-0.1, -0.05) is 24.6 Å². The Kier molecular flexibility index (Phi) is 4.46.